The van der Waals surface area contributed by atoms with Crippen LogP contribution in [0.25, 0.3) is 0 Å². The summed E-state index contributed by atoms with van der Waals surface area (Å²) in [6.45, 7) is 7.83. The zero-order valence-corrected chi connectivity index (χ0v) is 21.6. The van der Waals surface area contributed by atoms with Gasteiger partial charge in [-0.2, -0.15) is 0 Å². The molecule has 4 heterocycles. The molecule has 196 valence electrons. The number of hydrogen-bond donors (Lipinski definition) is 1. The van der Waals surface area contributed by atoms with Crippen molar-refractivity contribution < 1.29 is 24.2 Å². The fourth-order valence-corrected chi connectivity index (χ4v) is 6.23. The van der Waals surface area contributed by atoms with Gasteiger partial charge in [0.25, 0.3) is 11.8 Å². The Hall–Kier alpha value is -2.94. The number of fused-ring (bicyclic) bond motifs is 4. The summed E-state index contributed by atoms with van der Waals surface area (Å²) in [6, 6.07) is 13.7. The van der Waals surface area contributed by atoms with Gasteiger partial charge in [0, 0.05) is 38.3 Å². The predicted molar refractivity (Wildman–Crippen MR) is 138 cm³/mol. The summed E-state index contributed by atoms with van der Waals surface area (Å²) in [5.41, 5.74) is 2.94. The van der Waals surface area contributed by atoms with Crippen molar-refractivity contribution in [3.05, 3.63) is 64.7 Å². The predicted octanol–water partition coefficient (Wildman–Crippen LogP) is 2.33. The van der Waals surface area contributed by atoms with Crippen LogP contribution < -0.4 is 4.74 Å². The van der Waals surface area contributed by atoms with E-state index in [0.717, 1.165) is 25.9 Å². The van der Waals surface area contributed by atoms with Crippen LogP contribution in [0.5, 0.6) is 5.75 Å². The van der Waals surface area contributed by atoms with E-state index in [1.54, 1.807) is 23.1 Å². The van der Waals surface area contributed by atoms with Crippen LogP contribution in [0.2, 0.25) is 0 Å². The molecule has 8 heteroatoms. The minimum atomic E-state index is -0.680. The summed E-state index contributed by atoms with van der Waals surface area (Å²) in [6.07, 6.45) is 1.30. The summed E-state index contributed by atoms with van der Waals surface area (Å²) in [5, 5.41) is 11.0. The van der Waals surface area contributed by atoms with Crippen LogP contribution in [0, 0.1) is 0 Å². The number of likely N-dealkylation sites (tertiary alicyclic amines) is 1. The highest BCUT2D eigenvalue weighted by molar-refractivity contribution is 6.00. The Morgan fingerprint density at radius 2 is 1.97 bits per heavy atom. The average Bonchev–Trinajstić information content (AvgIpc) is 3.49. The number of amides is 2. The Labute approximate surface area is 217 Å². The number of carbonyl (C=O) groups is 2. The fraction of sp³-hybridized carbons (Fsp3) is 0.517. The highest BCUT2D eigenvalue weighted by Crippen LogP contribution is 2.33. The maximum absolute atomic E-state index is 13.6. The van der Waals surface area contributed by atoms with Crippen LogP contribution in [0.3, 0.4) is 0 Å². The van der Waals surface area contributed by atoms with Gasteiger partial charge < -0.3 is 24.4 Å². The van der Waals surface area contributed by atoms with Gasteiger partial charge >= 0.3 is 0 Å². The van der Waals surface area contributed by atoms with E-state index in [2.05, 4.69) is 29.2 Å². The molecule has 2 fully saturated rings. The van der Waals surface area contributed by atoms with Crippen molar-refractivity contribution in [1.82, 2.24) is 14.7 Å². The van der Waals surface area contributed by atoms with Crippen LogP contribution in [-0.4, -0.2) is 94.8 Å². The summed E-state index contributed by atoms with van der Waals surface area (Å²) in [7, 11) is 0. The molecule has 1 N–H and O–H groups in total. The summed E-state index contributed by atoms with van der Waals surface area (Å²) in [4.78, 5) is 32.6. The van der Waals surface area contributed by atoms with Crippen LogP contribution in [-0.2, 0) is 17.7 Å². The highest BCUT2D eigenvalue weighted by atomic mass is 16.5. The third kappa shape index (κ3) is 4.85. The Morgan fingerprint density at radius 3 is 2.73 bits per heavy atom. The van der Waals surface area contributed by atoms with Gasteiger partial charge in [-0.1, -0.05) is 24.3 Å². The fourth-order valence-electron chi connectivity index (χ4n) is 6.23. The summed E-state index contributed by atoms with van der Waals surface area (Å²) < 4.78 is 11.9. The molecule has 0 radical (unpaired) electrons. The highest BCUT2D eigenvalue weighted by Gasteiger charge is 2.42. The Kier molecular flexibility index (Phi) is 6.21. The second-order valence-corrected chi connectivity index (χ2v) is 11.5. The molecule has 4 aliphatic heterocycles. The number of ether oxygens (including phenoxy) is 2. The molecule has 0 spiro atoms. The number of benzene rings is 2. The smallest absolute Gasteiger partial charge is 0.257 e. The molecule has 2 bridgehead atoms. The number of aliphatic hydroxyl groups is 1. The molecule has 3 atom stereocenters. The van der Waals surface area contributed by atoms with Gasteiger partial charge in [0.05, 0.1) is 37.0 Å². The largest absolute Gasteiger partial charge is 0.485 e. The lowest BCUT2D eigenvalue weighted by Gasteiger charge is -2.33. The van der Waals surface area contributed by atoms with Crippen molar-refractivity contribution in [3.63, 3.8) is 0 Å². The van der Waals surface area contributed by atoms with Crippen molar-refractivity contribution in [3.8, 4) is 5.75 Å². The van der Waals surface area contributed by atoms with Crippen LogP contribution >= 0.6 is 0 Å². The van der Waals surface area contributed by atoms with Crippen molar-refractivity contribution in [2.45, 2.75) is 57.1 Å². The Balaban J connectivity index is 1.16. The standard InChI is InChI=1S/C29H35N3O5/c1-29(2)18-31(15-23(33)14-30-10-9-19-5-3-4-6-21(19)13-30)28(35)25-8-7-20(11-26(25)37-29)27(34)32-16-24-12-22(32)17-36-24/h3-8,11,22-24,33H,9-10,12-18H2,1-2H3. The SMILES string of the molecule is CC1(C)CN(CC(O)CN2CCc3ccccc3C2)C(=O)c2ccc(C(=O)N3CC4CC3CO4)cc2O1. The maximum atomic E-state index is 13.6. The van der Waals surface area contributed by atoms with Crippen molar-refractivity contribution >= 4 is 11.8 Å². The van der Waals surface area contributed by atoms with E-state index >= 15 is 0 Å². The number of hydrogen-bond acceptors (Lipinski definition) is 6. The first kappa shape index (κ1) is 24.4. The number of aliphatic hydroxyl groups excluding tert-OH is 1. The average molecular weight is 506 g/mol. The van der Waals surface area contributed by atoms with E-state index in [4.69, 9.17) is 9.47 Å². The second-order valence-electron chi connectivity index (χ2n) is 11.5. The number of β-amino-alcohol motifs (C(OH)–C–C–N with tert-alkyl or cyclic N) is 1. The Morgan fingerprint density at radius 1 is 1.16 bits per heavy atom. The van der Waals surface area contributed by atoms with Crippen LogP contribution in [0.4, 0.5) is 0 Å². The van der Waals surface area contributed by atoms with E-state index in [9.17, 15) is 14.7 Å². The van der Waals surface area contributed by atoms with E-state index < -0.39 is 11.7 Å². The zero-order valence-electron chi connectivity index (χ0n) is 21.6. The molecule has 2 aromatic rings. The normalized spacial score (nSPS) is 25.3. The first-order valence-corrected chi connectivity index (χ1v) is 13.3. The van der Waals surface area contributed by atoms with Gasteiger partial charge in [-0.05, 0) is 56.0 Å². The molecule has 2 saturated heterocycles. The Bertz CT molecular complexity index is 1210. The summed E-state index contributed by atoms with van der Waals surface area (Å²) >= 11 is 0. The minimum Gasteiger partial charge on any atom is -0.485 e. The third-order valence-corrected chi connectivity index (χ3v) is 7.98. The molecule has 6 rings (SSSR count). The monoisotopic (exact) mass is 505 g/mol. The van der Waals surface area contributed by atoms with E-state index in [-0.39, 0.29) is 30.5 Å². The van der Waals surface area contributed by atoms with Gasteiger partial charge in [0.15, 0.2) is 0 Å². The lowest BCUT2D eigenvalue weighted by Crippen LogP contribution is -2.48. The number of rotatable bonds is 5. The van der Waals surface area contributed by atoms with E-state index in [1.807, 2.05) is 18.7 Å². The zero-order chi connectivity index (χ0) is 25.7. The number of carbonyl (C=O) groups excluding carboxylic acids is 2. The molecule has 4 aliphatic rings. The van der Waals surface area contributed by atoms with Crippen molar-refractivity contribution in [1.29, 1.82) is 0 Å². The number of nitrogens with zero attached hydrogens (tertiary/aromatic N) is 3. The molecule has 0 aromatic heterocycles. The van der Waals surface area contributed by atoms with Gasteiger partial charge in [0.1, 0.15) is 11.4 Å². The van der Waals surface area contributed by atoms with Gasteiger partial charge in [-0.3, -0.25) is 14.5 Å². The van der Waals surface area contributed by atoms with E-state index in [0.29, 0.717) is 43.1 Å². The van der Waals surface area contributed by atoms with Gasteiger partial charge in [-0.25, -0.2) is 0 Å². The molecule has 3 unspecified atom stereocenters. The third-order valence-electron chi connectivity index (χ3n) is 7.98. The summed E-state index contributed by atoms with van der Waals surface area (Å²) in [5.74, 6) is 0.189. The molecule has 0 saturated carbocycles. The lowest BCUT2D eigenvalue weighted by atomic mass is 9.99. The van der Waals surface area contributed by atoms with Gasteiger partial charge in [-0.15, -0.1) is 0 Å². The quantitative estimate of drug-likeness (QED) is 0.672. The minimum absolute atomic E-state index is 0.0490. The number of morpholine rings is 1. The first-order chi connectivity index (χ1) is 17.8. The van der Waals surface area contributed by atoms with Crippen LogP contribution in [0.1, 0.15) is 52.1 Å². The lowest BCUT2D eigenvalue weighted by molar-refractivity contribution is 0.0256. The van der Waals surface area contributed by atoms with Gasteiger partial charge in [0.2, 0.25) is 0 Å². The maximum Gasteiger partial charge on any atom is 0.257 e. The second kappa shape index (κ2) is 9.42. The molecule has 2 aromatic carbocycles. The van der Waals surface area contributed by atoms with Crippen LogP contribution in [0.15, 0.2) is 42.5 Å². The van der Waals surface area contributed by atoms with Crippen molar-refractivity contribution in [2.24, 2.45) is 0 Å². The van der Waals surface area contributed by atoms with E-state index in [1.165, 1.54) is 11.1 Å². The molecular weight excluding hydrogens is 470 g/mol. The molecular formula is C29H35N3O5. The van der Waals surface area contributed by atoms with Crippen molar-refractivity contribution in [2.75, 3.05) is 39.3 Å². The topological polar surface area (TPSA) is 82.6 Å². The molecule has 2 amide bonds. The molecule has 8 nitrogen and oxygen atoms in total. The first-order valence-electron chi connectivity index (χ1n) is 13.3. The molecule has 37 heavy (non-hydrogen) atoms. The molecule has 0 aliphatic carbocycles.